The Kier molecular flexibility index (Phi) is 3.20. The van der Waals surface area contributed by atoms with Crippen molar-refractivity contribution >= 4 is 5.97 Å². The molecule has 0 spiro atoms. The predicted molar refractivity (Wildman–Crippen MR) is 65.1 cm³/mol. The Balaban J connectivity index is 2.15. The van der Waals surface area contributed by atoms with E-state index in [0.29, 0.717) is 5.56 Å². The molecule has 0 aromatic heterocycles. The summed E-state index contributed by atoms with van der Waals surface area (Å²) in [5.41, 5.74) is 1.20. The molecule has 1 atom stereocenters. The van der Waals surface area contributed by atoms with Crippen LogP contribution in [0.2, 0.25) is 0 Å². The fraction of sp³-hybridized carbons (Fsp3) is 0.500. The molecule has 1 aromatic rings. The third-order valence-corrected chi connectivity index (χ3v) is 2.49. The first-order chi connectivity index (χ1) is 7.96. The van der Waals surface area contributed by atoms with Crippen molar-refractivity contribution in [2.45, 2.75) is 38.9 Å². The van der Waals surface area contributed by atoms with E-state index in [1.807, 2.05) is 45.0 Å². The number of rotatable bonds is 3. The molecule has 0 radical (unpaired) electrons. The van der Waals surface area contributed by atoms with Crippen LogP contribution >= 0.6 is 0 Å². The largest absolute Gasteiger partial charge is 0.456 e. The van der Waals surface area contributed by atoms with E-state index in [9.17, 15) is 4.79 Å². The number of carbonyl (C=O) groups is 1. The van der Waals surface area contributed by atoms with Gasteiger partial charge in [-0.25, -0.2) is 4.79 Å². The average molecular weight is 234 g/mol. The molecule has 92 valence electrons. The molecule has 3 heteroatoms. The number of ether oxygens (including phenoxy) is 2. The van der Waals surface area contributed by atoms with Crippen LogP contribution in [0.3, 0.4) is 0 Å². The summed E-state index contributed by atoms with van der Waals surface area (Å²) in [7, 11) is 0. The van der Waals surface area contributed by atoms with Crippen molar-refractivity contribution in [2.24, 2.45) is 0 Å². The second kappa shape index (κ2) is 4.49. The molecule has 0 amide bonds. The Morgan fingerprint density at radius 2 is 2.06 bits per heavy atom. The van der Waals surface area contributed by atoms with Crippen LogP contribution in [-0.2, 0) is 15.9 Å². The van der Waals surface area contributed by atoms with Gasteiger partial charge in [0.2, 0.25) is 0 Å². The molecule has 1 aliphatic rings. The van der Waals surface area contributed by atoms with Gasteiger partial charge in [0, 0.05) is 6.42 Å². The summed E-state index contributed by atoms with van der Waals surface area (Å²) in [4.78, 5) is 12.0. The van der Waals surface area contributed by atoms with E-state index < -0.39 is 5.60 Å². The molecular weight excluding hydrogens is 216 g/mol. The maximum absolute atomic E-state index is 12.0. The van der Waals surface area contributed by atoms with Gasteiger partial charge < -0.3 is 9.47 Å². The standard InChI is InChI=1S/C14H18O3/c1-14(2,3)17-13(15)12-7-5-4-6-10(12)8-11-9-16-11/h4-7,11H,8-9H2,1-3H3. The Bertz CT molecular complexity index is 414. The van der Waals surface area contributed by atoms with Crippen LogP contribution in [0.1, 0.15) is 36.7 Å². The molecule has 0 bridgehead atoms. The van der Waals surface area contributed by atoms with Crippen LogP contribution in [0.4, 0.5) is 0 Å². The highest BCUT2D eigenvalue weighted by atomic mass is 16.6. The molecule has 0 aliphatic carbocycles. The molecule has 3 nitrogen and oxygen atoms in total. The van der Waals surface area contributed by atoms with Gasteiger partial charge in [0.15, 0.2) is 0 Å². The number of carbonyl (C=O) groups excluding carboxylic acids is 1. The van der Waals surface area contributed by atoms with E-state index >= 15 is 0 Å². The summed E-state index contributed by atoms with van der Waals surface area (Å²) in [6, 6.07) is 7.56. The molecule has 0 saturated carbocycles. The van der Waals surface area contributed by atoms with E-state index in [2.05, 4.69) is 0 Å². The molecule has 0 N–H and O–H groups in total. The summed E-state index contributed by atoms with van der Waals surface area (Å²) in [6.07, 6.45) is 1.06. The monoisotopic (exact) mass is 234 g/mol. The van der Waals surface area contributed by atoms with Crippen LogP contribution < -0.4 is 0 Å². The molecule has 1 saturated heterocycles. The third kappa shape index (κ3) is 3.56. The zero-order chi connectivity index (χ0) is 12.5. The quantitative estimate of drug-likeness (QED) is 0.596. The van der Waals surface area contributed by atoms with Crippen LogP contribution in [0.25, 0.3) is 0 Å². The number of epoxide rings is 1. The highest BCUT2D eigenvalue weighted by molar-refractivity contribution is 5.91. The molecule has 1 heterocycles. The second-order valence-corrected chi connectivity index (χ2v) is 5.32. The Labute approximate surface area is 102 Å². The van der Waals surface area contributed by atoms with Crippen molar-refractivity contribution in [3.8, 4) is 0 Å². The van der Waals surface area contributed by atoms with Gasteiger partial charge in [-0.3, -0.25) is 0 Å². The maximum atomic E-state index is 12.0. The van der Waals surface area contributed by atoms with E-state index in [-0.39, 0.29) is 12.1 Å². The summed E-state index contributed by atoms with van der Waals surface area (Å²) >= 11 is 0. The number of benzene rings is 1. The predicted octanol–water partition coefficient (Wildman–Crippen LogP) is 2.58. The first kappa shape index (κ1) is 12.1. The van der Waals surface area contributed by atoms with Gasteiger partial charge in [0.25, 0.3) is 0 Å². The van der Waals surface area contributed by atoms with Gasteiger partial charge in [-0.1, -0.05) is 18.2 Å². The van der Waals surface area contributed by atoms with Crippen molar-refractivity contribution in [2.75, 3.05) is 6.61 Å². The van der Waals surface area contributed by atoms with Gasteiger partial charge in [0.05, 0.1) is 18.3 Å². The molecule has 17 heavy (non-hydrogen) atoms. The summed E-state index contributed by atoms with van der Waals surface area (Å²) in [6.45, 7) is 6.41. The van der Waals surface area contributed by atoms with E-state index in [1.54, 1.807) is 0 Å². The summed E-state index contributed by atoms with van der Waals surface area (Å²) < 4.78 is 10.6. The molecule has 1 aliphatic heterocycles. The molecule has 1 fully saturated rings. The lowest BCUT2D eigenvalue weighted by Gasteiger charge is -2.20. The Hall–Kier alpha value is -1.35. The lowest BCUT2D eigenvalue weighted by Crippen LogP contribution is -2.24. The third-order valence-electron chi connectivity index (χ3n) is 2.49. The van der Waals surface area contributed by atoms with Crippen molar-refractivity contribution in [3.63, 3.8) is 0 Å². The minimum Gasteiger partial charge on any atom is -0.456 e. The summed E-state index contributed by atoms with van der Waals surface area (Å²) in [5.74, 6) is -0.256. The number of esters is 1. The van der Waals surface area contributed by atoms with Gasteiger partial charge in [-0.15, -0.1) is 0 Å². The van der Waals surface area contributed by atoms with Gasteiger partial charge >= 0.3 is 5.97 Å². The Morgan fingerprint density at radius 1 is 1.41 bits per heavy atom. The smallest absolute Gasteiger partial charge is 0.338 e. The van der Waals surface area contributed by atoms with Crippen molar-refractivity contribution in [1.29, 1.82) is 0 Å². The normalized spacial score (nSPS) is 18.9. The lowest BCUT2D eigenvalue weighted by molar-refractivity contribution is 0.00683. The molecule has 1 aromatic carbocycles. The second-order valence-electron chi connectivity index (χ2n) is 5.32. The first-order valence-corrected chi connectivity index (χ1v) is 5.88. The number of hydrogen-bond donors (Lipinski definition) is 0. The van der Waals surface area contributed by atoms with Crippen LogP contribution in [-0.4, -0.2) is 24.3 Å². The van der Waals surface area contributed by atoms with E-state index in [4.69, 9.17) is 9.47 Å². The van der Waals surface area contributed by atoms with Crippen LogP contribution in [0.15, 0.2) is 24.3 Å². The van der Waals surface area contributed by atoms with Crippen LogP contribution in [0, 0.1) is 0 Å². The lowest BCUT2D eigenvalue weighted by atomic mass is 10.0. The van der Waals surface area contributed by atoms with Crippen molar-refractivity contribution in [3.05, 3.63) is 35.4 Å². The average Bonchev–Trinajstić information content (AvgIpc) is 3.00. The Morgan fingerprint density at radius 3 is 2.65 bits per heavy atom. The van der Waals surface area contributed by atoms with E-state index in [1.165, 1.54) is 0 Å². The molecular formula is C14H18O3. The minimum absolute atomic E-state index is 0.256. The number of hydrogen-bond acceptors (Lipinski definition) is 3. The topological polar surface area (TPSA) is 38.8 Å². The fourth-order valence-electron chi connectivity index (χ4n) is 1.66. The van der Waals surface area contributed by atoms with Crippen molar-refractivity contribution < 1.29 is 14.3 Å². The highest BCUT2D eigenvalue weighted by Crippen LogP contribution is 2.21. The maximum Gasteiger partial charge on any atom is 0.338 e. The highest BCUT2D eigenvalue weighted by Gasteiger charge is 2.26. The van der Waals surface area contributed by atoms with Crippen molar-refractivity contribution in [1.82, 2.24) is 0 Å². The minimum atomic E-state index is -0.458. The first-order valence-electron chi connectivity index (χ1n) is 5.88. The summed E-state index contributed by atoms with van der Waals surface area (Å²) in [5, 5.41) is 0. The van der Waals surface area contributed by atoms with Gasteiger partial charge in [-0.05, 0) is 32.4 Å². The zero-order valence-corrected chi connectivity index (χ0v) is 10.5. The van der Waals surface area contributed by atoms with E-state index in [0.717, 1.165) is 18.6 Å². The fourth-order valence-corrected chi connectivity index (χ4v) is 1.66. The zero-order valence-electron chi connectivity index (χ0n) is 10.5. The van der Waals surface area contributed by atoms with Gasteiger partial charge in [-0.2, -0.15) is 0 Å². The molecule has 1 unspecified atom stereocenters. The SMILES string of the molecule is CC(C)(C)OC(=O)c1ccccc1CC1CO1. The van der Waals surface area contributed by atoms with Gasteiger partial charge in [0.1, 0.15) is 5.60 Å². The molecule has 2 rings (SSSR count). The van der Waals surface area contributed by atoms with Crippen LogP contribution in [0.5, 0.6) is 0 Å².